The predicted molar refractivity (Wildman–Crippen MR) is 56.5 cm³/mol. The Morgan fingerprint density at radius 3 is 2.88 bits per heavy atom. The van der Waals surface area contributed by atoms with Gasteiger partial charge < -0.3 is 4.74 Å². The quantitative estimate of drug-likeness (QED) is 0.349. The van der Waals surface area contributed by atoms with E-state index >= 15 is 0 Å². The third-order valence-corrected chi connectivity index (χ3v) is 2.13. The number of aryl methyl sites for hydroxylation is 1. The molecule has 0 saturated carbocycles. The van der Waals surface area contributed by atoms with Gasteiger partial charge in [-0.2, -0.15) is 0 Å². The fourth-order valence-electron chi connectivity index (χ4n) is 1.23. The Labute approximate surface area is 93.3 Å². The second kappa shape index (κ2) is 5.87. The number of hydrogen-bond donors (Lipinski definition) is 1. The Hall–Kier alpha value is -1.88. The molecule has 5 nitrogen and oxygen atoms in total. The van der Waals surface area contributed by atoms with Crippen molar-refractivity contribution < 1.29 is 19.2 Å². The molecule has 0 atom stereocenters. The van der Waals surface area contributed by atoms with Crippen LogP contribution in [-0.4, -0.2) is 19.5 Å². The van der Waals surface area contributed by atoms with Crippen molar-refractivity contribution in [2.45, 2.75) is 13.5 Å². The van der Waals surface area contributed by atoms with E-state index in [0.717, 1.165) is 11.1 Å². The number of hydrogen-bond acceptors (Lipinski definition) is 4. The lowest BCUT2D eigenvalue weighted by Gasteiger charge is -2.07. The highest BCUT2D eigenvalue weighted by Gasteiger charge is 2.07. The van der Waals surface area contributed by atoms with Crippen LogP contribution >= 0.6 is 0 Å². The summed E-state index contributed by atoms with van der Waals surface area (Å²) in [6, 6.07) is 5.15. The van der Waals surface area contributed by atoms with Gasteiger partial charge in [0, 0.05) is 0 Å². The molecule has 0 unspecified atom stereocenters. The molecule has 0 spiro atoms. The maximum atomic E-state index is 11.3. The summed E-state index contributed by atoms with van der Waals surface area (Å²) < 4.78 is 4.61. The largest absolute Gasteiger partial charge is 0.465 e. The number of hydroxylamine groups is 1. The molecule has 0 heterocycles. The SMILES string of the molecule is COC(=O)c1ccc(C)c(CONC=O)c1. The smallest absolute Gasteiger partial charge is 0.337 e. The first-order valence-corrected chi connectivity index (χ1v) is 4.68. The molecular formula is C11H13NO4. The van der Waals surface area contributed by atoms with E-state index in [9.17, 15) is 9.59 Å². The number of benzene rings is 1. The molecule has 1 aromatic carbocycles. The summed E-state index contributed by atoms with van der Waals surface area (Å²) in [6.07, 6.45) is 0.444. The van der Waals surface area contributed by atoms with Gasteiger partial charge in [0.15, 0.2) is 0 Å². The maximum Gasteiger partial charge on any atom is 0.337 e. The van der Waals surface area contributed by atoms with E-state index in [-0.39, 0.29) is 6.61 Å². The van der Waals surface area contributed by atoms with Crippen molar-refractivity contribution >= 4 is 12.4 Å². The molecule has 0 aliphatic carbocycles. The highest BCUT2D eigenvalue weighted by atomic mass is 16.6. The zero-order valence-electron chi connectivity index (χ0n) is 9.15. The molecule has 1 aromatic rings. The number of methoxy groups -OCH3 is 1. The molecule has 0 aliphatic heterocycles. The van der Waals surface area contributed by atoms with Crippen molar-refractivity contribution in [1.82, 2.24) is 5.48 Å². The van der Waals surface area contributed by atoms with E-state index in [1.807, 2.05) is 6.92 Å². The van der Waals surface area contributed by atoms with Crippen molar-refractivity contribution in [2.24, 2.45) is 0 Å². The first kappa shape index (κ1) is 12.2. The lowest BCUT2D eigenvalue weighted by molar-refractivity contribution is -0.121. The van der Waals surface area contributed by atoms with E-state index in [4.69, 9.17) is 4.84 Å². The minimum atomic E-state index is -0.399. The Kier molecular flexibility index (Phi) is 4.47. The Balaban J connectivity index is 2.81. The molecule has 0 fully saturated rings. The molecule has 1 N–H and O–H groups in total. The lowest BCUT2D eigenvalue weighted by Crippen LogP contribution is -2.12. The van der Waals surface area contributed by atoms with E-state index in [1.54, 1.807) is 18.2 Å². The number of carbonyl (C=O) groups is 2. The summed E-state index contributed by atoms with van der Waals surface area (Å²) in [6.45, 7) is 2.09. The van der Waals surface area contributed by atoms with E-state index in [0.29, 0.717) is 12.0 Å². The molecule has 0 aliphatic rings. The number of rotatable bonds is 5. The Morgan fingerprint density at radius 1 is 1.50 bits per heavy atom. The van der Waals surface area contributed by atoms with Crippen LogP contribution in [0.25, 0.3) is 0 Å². The van der Waals surface area contributed by atoms with E-state index in [1.165, 1.54) is 7.11 Å². The topological polar surface area (TPSA) is 64.6 Å². The second-order valence-corrected chi connectivity index (χ2v) is 3.16. The van der Waals surface area contributed by atoms with Gasteiger partial charge in [0.25, 0.3) is 0 Å². The van der Waals surface area contributed by atoms with E-state index in [2.05, 4.69) is 10.2 Å². The average Bonchev–Trinajstić information content (AvgIpc) is 2.31. The number of nitrogens with one attached hydrogen (secondary N) is 1. The molecule has 1 rings (SSSR count). The van der Waals surface area contributed by atoms with Crippen molar-refractivity contribution in [2.75, 3.05) is 7.11 Å². The van der Waals surface area contributed by atoms with Gasteiger partial charge in [-0.15, -0.1) is 0 Å². The maximum absolute atomic E-state index is 11.3. The van der Waals surface area contributed by atoms with Crippen LogP contribution in [0.4, 0.5) is 0 Å². The molecule has 0 bridgehead atoms. The molecule has 1 amide bonds. The summed E-state index contributed by atoms with van der Waals surface area (Å²) in [5.41, 5.74) is 4.34. The first-order valence-electron chi connectivity index (χ1n) is 4.68. The summed E-state index contributed by atoms with van der Waals surface area (Å²) in [5.74, 6) is -0.399. The average molecular weight is 223 g/mol. The van der Waals surface area contributed by atoms with Gasteiger partial charge in [-0.1, -0.05) is 6.07 Å². The standard InChI is InChI=1S/C11H13NO4/c1-8-3-4-9(11(14)15-2)5-10(8)6-16-12-7-13/h3-5,7H,6H2,1-2H3,(H,12,13). The second-order valence-electron chi connectivity index (χ2n) is 3.16. The number of amides is 1. The fraction of sp³-hybridized carbons (Fsp3) is 0.273. The Morgan fingerprint density at radius 2 is 2.25 bits per heavy atom. The molecule has 0 aromatic heterocycles. The minimum absolute atomic E-state index is 0.204. The molecular weight excluding hydrogens is 210 g/mol. The van der Waals surface area contributed by atoms with Crippen LogP contribution in [0.2, 0.25) is 0 Å². The number of ether oxygens (including phenoxy) is 1. The predicted octanol–water partition coefficient (Wildman–Crippen LogP) is 0.959. The highest BCUT2D eigenvalue weighted by molar-refractivity contribution is 5.89. The summed E-state index contributed by atoms with van der Waals surface area (Å²) in [7, 11) is 1.33. The van der Waals surface area contributed by atoms with Crippen LogP contribution in [0.15, 0.2) is 18.2 Å². The van der Waals surface area contributed by atoms with Crippen LogP contribution in [0.1, 0.15) is 21.5 Å². The van der Waals surface area contributed by atoms with Crippen LogP contribution in [0, 0.1) is 6.92 Å². The third-order valence-electron chi connectivity index (χ3n) is 2.13. The van der Waals surface area contributed by atoms with Gasteiger partial charge in [-0.3, -0.25) is 9.63 Å². The van der Waals surface area contributed by atoms with Gasteiger partial charge >= 0.3 is 5.97 Å². The number of esters is 1. The minimum Gasteiger partial charge on any atom is -0.465 e. The first-order chi connectivity index (χ1) is 7.69. The van der Waals surface area contributed by atoms with E-state index < -0.39 is 5.97 Å². The molecule has 5 heteroatoms. The number of carbonyl (C=O) groups excluding carboxylic acids is 2. The van der Waals surface area contributed by atoms with Gasteiger partial charge in [-0.05, 0) is 30.2 Å². The molecule has 0 saturated heterocycles. The van der Waals surface area contributed by atoms with Gasteiger partial charge in [-0.25, -0.2) is 10.3 Å². The van der Waals surface area contributed by atoms with Crippen molar-refractivity contribution in [1.29, 1.82) is 0 Å². The molecule has 86 valence electrons. The molecule has 0 radical (unpaired) electrons. The van der Waals surface area contributed by atoms with Crippen LogP contribution in [0.3, 0.4) is 0 Å². The monoisotopic (exact) mass is 223 g/mol. The highest BCUT2D eigenvalue weighted by Crippen LogP contribution is 2.12. The zero-order chi connectivity index (χ0) is 12.0. The van der Waals surface area contributed by atoms with Crippen molar-refractivity contribution in [3.63, 3.8) is 0 Å². The Bertz CT molecular complexity index is 390. The summed E-state index contributed by atoms with van der Waals surface area (Å²) >= 11 is 0. The summed E-state index contributed by atoms with van der Waals surface area (Å²) in [4.78, 5) is 26.1. The normalized spacial score (nSPS) is 9.62. The molecule has 16 heavy (non-hydrogen) atoms. The lowest BCUT2D eigenvalue weighted by atomic mass is 10.1. The van der Waals surface area contributed by atoms with Gasteiger partial charge in [0.05, 0.1) is 12.7 Å². The zero-order valence-corrected chi connectivity index (χ0v) is 9.15. The van der Waals surface area contributed by atoms with Crippen LogP contribution < -0.4 is 5.48 Å². The third kappa shape index (κ3) is 3.06. The van der Waals surface area contributed by atoms with Crippen molar-refractivity contribution in [3.05, 3.63) is 34.9 Å². The fourth-order valence-corrected chi connectivity index (χ4v) is 1.23. The van der Waals surface area contributed by atoms with Gasteiger partial charge in [0.1, 0.15) is 6.61 Å². The van der Waals surface area contributed by atoms with Gasteiger partial charge in [0.2, 0.25) is 6.41 Å². The van der Waals surface area contributed by atoms with Crippen LogP contribution in [0.5, 0.6) is 0 Å². The summed E-state index contributed by atoms with van der Waals surface area (Å²) in [5, 5.41) is 0. The van der Waals surface area contributed by atoms with Crippen LogP contribution in [-0.2, 0) is 21.0 Å². The van der Waals surface area contributed by atoms with Crippen molar-refractivity contribution in [3.8, 4) is 0 Å².